The molecule has 4 rings (SSSR count). The number of hydrogen-bond donors (Lipinski definition) is 2. The van der Waals surface area contributed by atoms with E-state index >= 15 is 0 Å². The number of carbonyl (C=O) groups excluding carboxylic acids is 1. The fourth-order valence-corrected chi connectivity index (χ4v) is 4.46. The first-order valence-electron chi connectivity index (χ1n) is 8.29. The molecule has 0 spiro atoms. The van der Waals surface area contributed by atoms with Gasteiger partial charge in [0.1, 0.15) is 16.9 Å². The van der Waals surface area contributed by atoms with Crippen molar-refractivity contribution in [2.45, 2.75) is 23.4 Å². The highest BCUT2D eigenvalue weighted by Gasteiger charge is 2.37. The lowest BCUT2D eigenvalue weighted by molar-refractivity contribution is -0.116. The number of aromatic nitrogens is 3. The monoisotopic (exact) mass is 481 g/mol. The highest BCUT2D eigenvalue weighted by molar-refractivity contribution is 9.10. The van der Waals surface area contributed by atoms with Crippen LogP contribution >= 0.6 is 39.3 Å². The summed E-state index contributed by atoms with van der Waals surface area (Å²) in [6.45, 7) is 1.82. The smallest absolute Gasteiger partial charge is 0.240 e. The van der Waals surface area contributed by atoms with Gasteiger partial charge in [0.2, 0.25) is 11.1 Å². The maximum atomic E-state index is 14.2. The summed E-state index contributed by atoms with van der Waals surface area (Å²) in [5.74, 6) is -0.177. The highest BCUT2D eigenvalue weighted by Crippen LogP contribution is 2.38. The minimum atomic E-state index is -0.597. The molecule has 28 heavy (non-hydrogen) atoms. The second-order valence-corrected chi connectivity index (χ2v) is 8.64. The molecule has 0 aliphatic carbocycles. The van der Waals surface area contributed by atoms with Gasteiger partial charge in [-0.15, -0.1) is 10.2 Å². The van der Waals surface area contributed by atoms with Crippen LogP contribution in [-0.4, -0.2) is 26.0 Å². The van der Waals surface area contributed by atoms with E-state index in [2.05, 4.69) is 36.9 Å². The maximum absolute atomic E-state index is 14.2. The van der Waals surface area contributed by atoms with Gasteiger partial charge < -0.3 is 10.7 Å². The number of carbonyl (C=O) groups is 1. The molecule has 0 unspecified atom stereocenters. The average Bonchev–Trinajstić information content (AvgIpc) is 3.04. The van der Waals surface area contributed by atoms with Crippen LogP contribution in [0.25, 0.3) is 0 Å². The zero-order valence-corrected chi connectivity index (χ0v) is 17.6. The zero-order chi connectivity index (χ0) is 19.8. The number of rotatable bonds is 3. The van der Waals surface area contributed by atoms with Crippen molar-refractivity contribution < 1.29 is 9.18 Å². The molecule has 1 aliphatic rings. The van der Waals surface area contributed by atoms with E-state index in [4.69, 9.17) is 11.6 Å². The standard InChI is InChI=1S/C18H14BrClFN5OS/c1-9-23-24-18-26(9)25-15(10-2-5-12(20)6-3-10)16(28-18)17(27)22-14-7-4-11(19)8-13(14)21/h2-8,15-16,25H,1H3,(H,22,27)/t15-,16-/m1/s1. The van der Waals surface area contributed by atoms with Gasteiger partial charge in [0, 0.05) is 9.50 Å². The van der Waals surface area contributed by atoms with E-state index in [0.717, 1.165) is 5.56 Å². The summed E-state index contributed by atoms with van der Waals surface area (Å²) >= 11 is 10.5. The summed E-state index contributed by atoms with van der Waals surface area (Å²) in [6, 6.07) is 11.3. The number of anilines is 1. The number of halogens is 3. The third kappa shape index (κ3) is 3.74. The number of fused-ring (bicyclic) bond motifs is 1. The lowest BCUT2D eigenvalue weighted by Crippen LogP contribution is -2.41. The van der Waals surface area contributed by atoms with Gasteiger partial charge >= 0.3 is 0 Å². The molecule has 2 heterocycles. The number of aryl methyl sites for hydroxylation is 1. The van der Waals surface area contributed by atoms with Crippen molar-refractivity contribution in [3.63, 3.8) is 0 Å². The molecule has 1 amide bonds. The van der Waals surface area contributed by atoms with Crippen LogP contribution < -0.4 is 10.7 Å². The van der Waals surface area contributed by atoms with Crippen LogP contribution in [0.2, 0.25) is 5.02 Å². The van der Waals surface area contributed by atoms with Gasteiger partial charge in [0.15, 0.2) is 0 Å². The lowest BCUT2D eigenvalue weighted by atomic mass is 10.0. The predicted molar refractivity (Wildman–Crippen MR) is 111 cm³/mol. The van der Waals surface area contributed by atoms with E-state index in [0.29, 0.717) is 20.5 Å². The molecule has 2 atom stereocenters. The molecular formula is C18H14BrClFN5OS. The average molecular weight is 483 g/mol. The fraction of sp³-hybridized carbons (Fsp3) is 0.167. The number of nitrogens with zero attached hydrogens (tertiary/aromatic N) is 3. The van der Waals surface area contributed by atoms with Crippen LogP contribution in [0, 0.1) is 12.7 Å². The molecule has 1 aromatic heterocycles. The van der Waals surface area contributed by atoms with Crippen LogP contribution in [0.3, 0.4) is 0 Å². The van der Waals surface area contributed by atoms with Gasteiger partial charge in [-0.1, -0.05) is 51.4 Å². The Hall–Kier alpha value is -2.10. The fourth-order valence-electron chi connectivity index (χ4n) is 2.88. The number of amides is 1. The summed E-state index contributed by atoms with van der Waals surface area (Å²) in [5.41, 5.74) is 4.27. The largest absolute Gasteiger partial charge is 0.323 e. The summed E-state index contributed by atoms with van der Waals surface area (Å²) in [5, 5.41) is 11.4. The molecule has 3 aromatic rings. The van der Waals surface area contributed by atoms with E-state index in [1.54, 1.807) is 22.9 Å². The van der Waals surface area contributed by atoms with Crippen molar-refractivity contribution in [3.05, 3.63) is 69.2 Å². The summed E-state index contributed by atoms with van der Waals surface area (Å²) in [4.78, 5) is 13.0. The van der Waals surface area contributed by atoms with Gasteiger partial charge in [-0.25, -0.2) is 9.07 Å². The molecule has 144 valence electrons. The minimum Gasteiger partial charge on any atom is -0.323 e. The Balaban J connectivity index is 1.67. The van der Waals surface area contributed by atoms with Gasteiger partial charge in [-0.05, 0) is 42.8 Å². The molecule has 2 aromatic carbocycles. The van der Waals surface area contributed by atoms with Crippen molar-refractivity contribution in [3.8, 4) is 0 Å². The molecule has 0 bridgehead atoms. The number of benzene rings is 2. The first-order valence-corrected chi connectivity index (χ1v) is 10.3. The third-order valence-corrected chi connectivity index (χ3v) is 6.24. The summed E-state index contributed by atoms with van der Waals surface area (Å²) in [6.07, 6.45) is 0. The van der Waals surface area contributed by atoms with Crippen molar-refractivity contribution in [2.75, 3.05) is 10.7 Å². The van der Waals surface area contributed by atoms with E-state index in [-0.39, 0.29) is 17.6 Å². The molecule has 2 N–H and O–H groups in total. The van der Waals surface area contributed by atoms with Gasteiger partial charge in [-0.2, -0.15) is 0 Å². The Morgan fingerprint density at radius 3 is 2.75 bits per heavy atom. The maximum Gasteiger partial charge on any atom is 0.240 e. The van der Waals surface area contributed by atoms with Gasteiger partial charge in [0.05, 0.1) is 11.7 Å². The number of hydrogen-bond acceptors (Lipinski definition) is 5. The zero-order valence-electron chi connectivity index (χ0n) is 14.5. The lowest BCUT2D eigenvalue weighted by Gasteiger charge is -2.32. The van der Waals surface area contributed by atoms with Crippen molar-refractivity contribution in [2.24, 2.45) is 0 Å². The van der Waals surface area contributed by atoms with Crippen LogP contribution in [0.4, 0.5) is 10.1 Å². The first-order chi connectivity index (χ1) is 13.4. The van der Waals surface area contributed by atoms with Crippen molar-refractivity contribution in [1.82, 2.24) is 14.9 Å². The molecule has 10 heteroatoms. The van der Waals surface area contributed by atoms with E-state index in [1.165, 1.54) is 23.9 Å². The molecule has 0 radical (unpaired) electrons. The topological polar surface area (TPSA) is 71.8 Å². The molecule has 0 saturated carbocycles. The van der Waals surface area contributed by atoms with Gasteiger partial charge in [-0.3, -0.25) is 4.79 Å². The molecular weight excluding hydrogens is 469 g/mol. The van der Waals surface area contributed by atoms with E-state index in [1.807, 2.05) is 19.1 Å². The SMILES string of the molecule is Cc1nnc2n1N[C@H](c1ccc(Cl)cc1)[C@H](C(=O)Nc1ccc(Br)cc1F)S2. The Morgan fingerprint density at radius 2 is 2.04 bits per heavy atom. The van der Waals surface area contributed by atoms with Crippen LogP contribution in [0.15, 0.2) is 52.1 Å². The predicted octanol–water partition coefficient (Wildman–Crippen LogP) is 4.54. The third-order valence-electron chi connectivity index (χ3n) is 4.28. The number of nitrogens with one attached hydrogen (secondary N) is 2. The molecule has 0 saturated heterocycles. The second kappa shape index (κ2) is 7.73. The molecule has 0 fully saturated rings. The Morgan fingerprint density at radius 1 is 1.29 bits per heavy atom. The Kier molecular flexibility index (Phi) is 5.31. The normalized spacial score (nSPS) is 18.3. The van der Waals surface area contributed by atoms with Crippen molar-refractivity contribution in [1.29, 1.82) is 0 Å². The molecule has 6 nitrogen and oxygen atoms in total. The highest BCUT2D eigenvalue weighted by atomic mass is 79.9. The first kappa shape index (κ1) is 19.2. The molecule has 1 aliphatic heterocycles. The second-order valence-electron chi connectivity index (χ2n) is 6.18. The number of thioether (sulfide) groups is 1. The van der Waals surface area contributed by atoms with Gasteiger partial charge in [0.25, 0.3) is 0 Å². The summed E-state index contributed by atoms with van der Waals surface area (Å²) < 4.78 is 16.5. The Labute approximate surface area is 178 Å². The Bertz CT molecular complexity index is 1040. The van der Waals surface area contributed by atoms with E-state index < -0.39 is 11.1 Å². The minimum absolute atomic E-state index is 0.117. The van der Waals surface area contributed by atoms with Crippen LogP contribution in [0.5, 0.6) is 0 Å². The van der Waals surface area contributed by atoms with Crippen LogP contribution in [0.1, 0.15) is 17.4 Å². The van der Waals surface area contributed by atoms with Crippen LogP contribution in [-0.2, 0) is 4.79 Å². The summed E-state index contributed by atoms with van der Waals surface area (Å²) in [7, 11) is 0. The van der Waals surface area contributed by atoms with E-state index in [9.17, 15) is 9.18 Å². The van der Waals surface area contributed by atoms with Crippen molar-refractivity contribution >= 4 is 50.9 Å². The quantitative estimate of drug-likeness (QED) is 0.573.